The lowest BCUT2D eigenvalue weighted by molar-refractivity contribution is -0.306. The van der Waals surface area contributed by atoms with Crippen molar-refractivity contribution in [3.05, 3.63) is 120 Å². The smallest absolute Gasteiger partial charge is 0.409 e. The van der Waals surface area contributed by atoms with Crippen LogP contribution >= 0.6 is 0 Å². The number of alkyl halides is 6. The van der Waals surface area contributed by atoms with Crippen molar-refractivity contribution in [1.82, 2.24) is 0 Å². The molecule has 0 unspecified atom stereocenters. The molecule has 0 fully saturated rings. The van der Waals surface area contributed by atoms with Crippen LogP contribution in [0.15, 0.2) is 76.8 Å². The lowest BCUT2D eigenvalue weighted by Crippen LogP contribution is -2.18. The number of fused-ring (bicyclic) bond motifs is 2. The Morgan fingerprint density at radius 3 is 1.69 bits per heavy atom. The van der Waals surface area contributed by atoms with Crippen molar-refractivity contribution < 1.29 is 35.8 Å². The number of rotatable bonds is 2. The minimum Gasteiger partial charge on any atom is -0.409 e. The molecule has 0 aromatic heterocycles. The second kappa shape index (κ2) is 12.1. The third-order valence-corrected chi connectivity index (χ3v) is 7.46. The van der Waals surface area contributed by atoms with E-state index in [1.165, 1.54) is 36.4 Å². The first-order chi connectivity index (χ1) is 22.7. The molecule has 0 saturated carbocycles. The van der Waals surface area contributed by atoms with Gasteiger partial charge in [0, 0.05) is 12.0 Å². The number of hydrogen-bond donors (Lipinski definition) is 0. The monoisotopic (exact) mass is 650 g/mol. The molecule has 0 radical (unpaired) electrons. The van der Waals surface area contributed by atoms with E-state index in [9.17, 15) is 57.9 Å². The Balaban J connectivity index is 1.85. The summed E-state index contributed by atoms with van der Waals surface area (Å²) in [5.41, 5.74) is -0.464. The molecule has 0 atom stereocenters. The van der Waals surface area contributed by atoms with Gasteiger partial charge < -0.3 is 9.47 Å². The number of ether oxygens (including phenoxy) is 2. The number of halogens is 6. The molecule has 48 heavy (non-hydrogen) atoms. The summed E-state index contributed by atoms with van der Waals surface area (Å²) in [4.78, 5) is 0. The summed E-state index contributed by atoms with van der Waals surface area (Å²) < 4.78 is 86.7. The van der Waals surface area contributed by atoms with Crippen LogP contribution in [-0.4, -0.2) is 12.7 Å². The Labute approximate surface area is 266 Å². The van der Waals surface area contributed by atoms with Crippen LogP contribution in [0.1, 0.15) is 35.1 Å². The average Bonchev–Trinajstić information content (AvgIpc) is 3.34. The second-order valence-electron chi connectivity index (χ2n) is 10.1. The first-order valence-electron chi connectivity index (χ1n) is 13.3. The predicted octanol–water partition coefficient (Wildman–Crippen LogP) is 5.73. The van der Waals surface area contributed by atoms with Gasteiger partial charge in [0.1, 0.15) is 41.4 Å². The Morgan fingerprint density at radius 2 is 1.21 bits per heavy atom. The molecule has 0 aliphatic heterocycles. The minimum absolute atomic E-state index is 0.0295. The molecule has 0 spiro atoms. The molecule has 0 amide bonds. The molecule has 0 N–H and O–H groups in total. The fourth-order valence-electron chi connectivity index (χ4n) is 5.55. The Morgan fingerprint density at radius 1 is 0.646 bits per heavy atom. The summed E-state index contributed by atoms with van der Waals surface area (Å²) in [6.45, 7) is 0. The van der Waals surface area contributed by atoms with Gasteiger partial charge in [-0.05, 0) is 86.0 Å². The van der Waals surface area contributed by atoms with Gasteiger partial charge in [-0.15, -0.1) is 26.3 Å². The van der Waals surface area contributed by atoms with E-state index >= 15 is 0 Å². The van der Waals surface area contributed by atoms with Gasteiger partial charge in [-0.3, -0.25) is 0 Å². The lowest BCUT2D eigenvalue weighted by atomic mass is 9.91. The van der Waals surface area contributed by atoms with E-state index in [-0.39, 0.29) is 67.0 Å². The molecule has 3 aliphatic rings. The van der Waals surface area contributed by atoms with Crippen LogP contribution in [-0.2, 0) is 9.47 Å². The summed E-state index contributed by atoms with van der Waals surface area (Å²) in [6, 6.07) is 16.3. The van der Waals surface area contributed by atoms with Crippen LogP contribution in [0.3, 0.4) is 0 Å². The van der Waals surface area contributed by atoms with E-state index in [1.807, 2.05) is 12.1 Å². The van der Waals surface area contributed by atoms with Crippen molar-refractivity contribution in [2.45, 2.75) is 25.6 Å². The normalized spacial score (nSPS) is 17.2. The maximum absolute atomic E-state index is 13.1. The van der Waals surface area contributed by atoms with Crippen molar-refractivity contribution in [3.63, 3.8) is 0 Å². The Hall–Kier alpha value is -7.00. The van der Waals surface area contributed by atoms with Crippen LogP contribution < -0.4 is 10.4 Å². The van der Waals surface area contributed by atoms with Gasteiger partial charge in [0.15, 0.2) is 0 Å². The molecule has 8 nitrogen and oxygen atoms in total. The molecular formula is C34H12F6N6O2. The number of nitrogens with zero attached hydrogens (tertiary/aromatic N) is 6. The van der Waals surface area contributed by atoms with Gasteiger partial charge in [-0.1, -0.05) is 12.2 Å². The zero-order valence-corrected chi connectivity index (χ0v) is 23.8. The quantitative estimate of drug-likeness (QED) is 0.251. The summed E-state index contributed by atoms with van der Waals surface area (Å²) in [5.74, 6) is -1.50. The zero-order valence-electron chi connectivity index (χ0n) is 23.8. The van der Waals surface area contributed by atoms with E-state index in [2.05, 4.69) is 9.47 Å². The van der Waals surface area contributed by atoms with Gasteiger partial charge in [0.25, 0.3) is 0 Å². The number of hydrogen-bond acceptors (Lipinski definition) is 8. The van der Waals surface area contributed by atoms with Crippen molar-refractivity contribution in [2.24, 2.45) is 0 Å². The zero-order chi connectivity index (χ0) is 35.0. The fraction of sp³-hybridized carbons (Fsp3) is 0.118. The highest BCUT2D eigenvalue weighted by Crippen LogP contribution is 2.36. The third kappa shape index (κ3) is 5.99. The van der Waals surface area contributed by atoms with Crippen LogP contribution in [0.5, 0.6) is 0 Å². The van der Waals surface area contributed by atoms with Crippen LogP contribution in [0.2, 0.25) is 0 Å². The molecule has 0 heterocycles. The molecule has 0 saturated heterocycles. The highest BCUT2D eigenvalue weighted by molar-refractivity contribution is 5.91. The highest BCUT2D eigenvalue weighted by Gasteiger charge is 2.35. The van der Waals surface area contributed by atoms with Crippen LogP contribution in [0.25, 0.3) is 16.7 Å². The van der Waals surface area contributed by atoms with E-state index in [1.54, 1.807) is 24.3 Å². The number of benzene rings is 2. The maximum Gasteiger partial charge on any atom is 0.573 e. The first-order valence-corrected chi connectivity index (χ1v) is 13.3. The summed E-state index contributed by atoms with van der Waals surface area (Å²) in [5, 5.41) is 59.3. The van der Waals surface area contributed by atoms with E-state index in [4.69, 9.17) is 0 Å². The molecular weight excluding hydrogens is 638 g/mol. The molecule has 5 rings (SSSR count). The molecule has 2 aromatic rings. The Kier molecular flexibility index (Phi) is 8.15. The highest BCUT2D eigenvalue weighted by atomic mass is 19.4. The molecule has 0 bridgehead atoms. The average molecular weight is 650 g/mol. The first kappa shape index (κ1) is 32.4. The number of allylic oxidation sites excluding steroid dienone is 8. The van der Waals surface area contributed by atoms with Crippen molar-refractivity contribution in [1.29, 1.82) is 31.6 Å². The van der Waals surface area contributed by atoms with Gasteiger partial charge in [0.2, 0.25) is 0 Å². The van der Waals surface area contributed by atoms with Gasteiger partial charge in [-0.2, -0.15) is 31.6 Å². The molecule has 232 valence electrons. The minimum atomic E-state index is -5.13. The molecule has 14 heteroatoms. The maximum atomic E-state index is 13.1. The Bertz CT molecular complexity index is 2480. The van der Waals surface area contributed by atoms with Crippen LogP contribution in [0, 0.1) is 78.4 Å². The number of nitriles is 6. The second-order valence-corrected chi connectivity index (χ2v) is 10.1. The van der Waals surface area contributed by atoms with Gasteiger partial charge in [0.05, 0.1) is 34.4 Å². The topological polar surface area (TPSA) is 161 Å². The summed E-state index contributed by atoms with van der Waals surface area (Å²) in [6.07, 6.45) is -6.25. The van der Waals surface area contributed by atoms with E-state index in [0.717, 1.165) is 12.2 Å². The SMILES string of the molecule is N#CC1=CCC(=c2cc3c(cc2C#N)=c2cc(C#N)c(=C4C=CC(C#N)=C(OC(F)(F)F)C4)cc2C3=C(C#N)C#N)C=C1OC(F)(F)F. The fourth-order valence-corrected chi connectivity index (χ4v) is 5.55. The summed E-state index contributed by atoms with van der Waals surface area (Å²) >= 11 is 0. The predicted molar refractivity (Wildman–Crippen MR) is 150 cm³/mol. The third-order valence-electron chi connectivity index (χ3n) is 7.46. The summed E-state index contributed by atoms with van der Waals surface area (Å²) in [7, 11) is 0. The largest absolute Gasteiger partial charge is 0.573 e. The van der Waals surface area contributed by atoms with Gasteiger partial charge in [-0.25, -0.2) is 0 Å². The van der Waals surface area contributed by atoms with Crippen molar-refractivity contribution in [3.8, 4) is 36.4 Å². The standard InChI is InChI=1S/C34H12F6N6O2/c35-33(36,37)47-30-7-17(1-3-19(30)11-41)24-9-28-26(5-21(24)13-43)27-6-22(14-44)25(10-29(27)32(28)23(15-45)16-46)18-2-4-20(12-42)31(8-18)48-34(38,39)40/h1,3-6,8-10H,2,7H2. The van der Waals surface area contributed by atoms with Gasteiger partial charge >= 0.3 is 12.7 Å². The van der Waals surface area contributed by atoms with E-state index < -0.39 is 36.2 Å². The van der Waals surface area contributed by atoms with Crippen molar-refractivity contribution in [2.75, 3.05) is 0 Å². The van der Waals surface area contributed by atoms with Crippen LogP contribution in [0.4, 0.5) is 26.3 Å². The molecule has 3 aliphatic carbocycles. The molecule has 2 aromatic carbocycles. The van der Waals surface area contributed by atoms with Crippen molar-refractivity contribution >= 4 is 16.7 Å². The van der Waals surface area contributed by atoms with E-state index in [0.29, 0.717) is 10.4 Å². The lowest BCUT2D eigenvalue weighted by Gasteiger charge is -2.17.